The number of rotatable bonds is 10. The lowest BCUT2D eigenvalue weighted by atomic mass is 9.77. The lowest BCUT2D eigenvalue weighted by Gasteiger charge is -2.25. The molecule has 40 heavy (non-hydrogen) atoms. The molecule has 2 aromatic carbocycles. The van der Waals surface area contributed by atoms with E-state index in [1.54, 1.807) is 73.2 Å². The first-order valence-electron chi connectivity index (χ1n) is 11.6. The Labute approximate surface area is 248 Å². The van der Waals surface area contributed by atoms with Gasteiger partial charge >= 0.3 is 0 Å². The molecule has 2 unspecified atom stereocenters. The van der Waals surface area contributed by atoms with Crippen LogP contribution in [0.5, 0.6) is 0 Å². The van der Waals surface area contributed by atoms with Crippen LogP contribution in [0.3, 0.4) is 0 Å². The van der Waals surface area contributed by atoms with E-state index in [1.165, 1.54) is 35.9 Å². The third-order valence-corrected chi connectivity index (χ3v) is 7.45. The number of hydrogen-bond acceptors (Lipinski definition) is 11. The quantitative estimate of drug-likeness (QED) is 0.0704. The van der Waals surface area contributed by atoms with Crippen LogP contribution in [0.1, 0.15) is 34.4 Å². The van der Waals surface area contributed by atoms with Gasteiger partial charge in [-0.15, -0.1) is 0 Å². The first kappa shape index (κ1) is 29.5. The first-order valence-corrected chi connectivity index (χ1v) is 14.8. The lowest BCUT2D eigenvalue weighted by molar-refractivity contribution is -0.119. The molecule has 2 atom stereocenters. The van der Waals surface area contributed by atoms with Crippen molar-refractivity contribution in [2.75, 3.05) is 12.5 Å². The van der Waals surface area contributed by atoms with E-state index in [4.69, 9.17) is 23.2 Å². The molecular weight excluding hydrogens is 591 g/mol. The number of thioether (sulfide) groups is 2. The summed E-state index contributed by atoms with van der Waals surface area (Å²) < 4.78 is 0. The van der Waals surface area contributed by atoms with Crippen molar-refractivity contribution >= 4 is 63.9 Å². The number of aromatic nitrogens is 4. The molecule has 2 aromatic heterocycles. The van der Waals surface area contributed by atoms with E-state index in [1.807, 2.05) is 0 Å². The zero-order valence-electron chi connectivity index (χ0n) is 21.1. The molecule has 0 fully saturated rings. The Bertz CT molecular complexity index is 1470. The van der Waals surface area contributed by atoms with Gasteiger partial charge in [0.15, 0.2) is 16.1 Å². The molecule has 0 aliphatic carbocycles. The van der Waals surface area contributed by atoms with E-state index < -0.39 is 17.6 Å². The number of carbonyl (C=O) groups excluding carboxylic acids is 1. The minimum Gasteiger partial charge on any atom is -0.411 e. The summed E-state index contributed by atoms with van der Waals surface area (Å²) in [6.07, 6.45) is 6.63. The molecule has 4 aromatic rings. The van der Waals surface area contributed by atoms with E-state index in [-0.39, 0.29) is 22.8 Å². The molecule has 0 saturated heterocycles. The van der Waals surface area contributed by atoms with Crippen LogP contribution >= 0.6 is 46.7 Å². The van der Waals surface area contributed by atoms with Gasteiger partial charge in [-0.25, -0.2) is 19.9 Å². The standard InChI is InChI=1S/C27H22Cl2N6O3S2/c1-39-26-30-11-9-19(32-26)23(34-37)21(15-5-3-7-17(28)13-15)25(36)22(16-6-4-8-18(29)14-16)24(35-38)20-10-12-31-27(33-20)40-2/h3-14,21-22,37-38H,1-2H3. The number of oxime groups is 2. The van der Waals surface area contributed by atoms with Crippen LogP contribution in [0.15, 0.2) is 93.7 Å². The summed E-state index contributed by atoms with van der Waals surface area (Å²) in [7, 11) is 0. The van der Waals surface area contributed by atoms with Gasteiger partial charge in [0.25, 0.3) is 0 Å². The Hall–Kier alpha value is -3.51. The van der Waals surface area contributed by atoms with Crippen LogP contribution in [0.25, 0.3) is 0 Å². The van der Waals surface area contributed by atoms with E-state index in [9.17, 15) is 15.2 Å². The Morgan fingerprint density at radius 2 is 1.18 bits per heavy atom. The van der Waals surface area contributed by atoms with Crippen LogP contribution in [0.2, 0.25) is 10.0 Å². The molecule has 0 saturated carbocycles. The molecule has 2 N–H and O–H groups in total. The predicted molar refractivity (Wildman–Crippen MR) is 158 cm³/mol. The monoisotopic (exact) mass is 612 g/mol. The van der Waals surface area contributed by atoms with E-state index >= 15 is 0 Å². The number of carbonyl (C=O) groups is 1. The van der Waals surface area contributed by atoms with Gasteiger partial charge in [0.2, 0.25) is 0 Å². The number of ketones is 1. The summed E-state index contributed by atoms with van der Waals surface area (Å²) in [5, 5.41) is 29.2. The topological polar surface area (TPSA) is 134 Å². The van der Waals surface area contributed by atoms with Gasteiger partial charge in [0.1, 0.15) is 11.4 Å². The zero-order valence-corrected chi connectivity index (χ0v) is 24.3. The van der Waals surface area contributed by atoms with Gasteiger partial charge < -0.3 is 10.4 Å². The smallest absolute Gasteiger partial charge is 0.187 e. The fourth-order valence-electron chi connectivity index (χ4n) is 4.13. The highest BCUT2D eigenvalue weighted by Gasteiger charge is 2.39. The van der Waals surface area contributed by atoms with E-state index in [2.05, 4.69) is 30.2 Å². The maximum absolute atomic E-state index is 14.8. The molecule has 0 aliphatic heterocycles. The summed E-state index contributed by atoms with van der Waals surface area (Å²) in [4.78, 5) is 32.0. The number of nitrogens with zero attached hydrogens (tertiary/aromatic N) is 6. The largest absolute Gasteiger partial charge is 0.411 e. The second-order valence-corrected chi connectivity index (χ2v) is 10.6. The average molecular weight is 614 g/mol. The minimum absolute atomic E-state index is 0.0400. The van der Waals surface area contributed by atoms with Crippen molar-refractivity contribution in [1.29, 1.82) is 0 Å². The van der Waals surface area contributed by atoms with E-state index in [0.717, 1.165) is 0 Å². The van der Waals surface area contributed by atoms with Crippen LogP contribution < -0.4 is 0 Å². The summed E-state index contributed by atoms with van der Waals surface area (Å²) in [6, 6.07) is 16.4. The predicted octanol–water partition coefficient (Wildman–Crippen LogP) is 6.21. The number of hydrogen-bond donors (Lipinski definition) is 2. The van der Waals surface area contributed by atoms with Crippen molar-refractivity contribution in [3.05, 3.63) is 106 Å². The second-order valence-electron chi connectivity index (χ2n) is 8.21. The van der Waals surface area contributed by atoms with Gasteiger partial charge in [-0.3, -0.25) is 4.79 Å². The normalized spacial score (nSPS) is 13.6. The number of benzene rings is 2. The molecule has 0 aliphatic rings. The maximum Gasteiger partial charge on any atom is 0.187 e. The highest BCUT2D eigenvalue weighted by Crippen LogP contribution is 2.34. The third kappa shape index (κ3) is 6.61. The third-order valence-electron chi connectivity index (χ3n) is 5.85. The highest BCUT2D eigenvalue weighted by molar-refractivity contribution is 7.98. The Morgan fingerprint density at radius 3 is 1.52 bits per heavy atom. The SMILES string of the molecule is CSc1nccc(C(=NO)C(C(=O)C(C(=NO)c2ccnc(SC)n2)c2cccc(Cl)c2)c2cccc(Cl)c2)n1. The first-order chi connectivity index (χ1) is 19.4. The van der Waals surface area contributed by atoms with Crippen molar-refractivity contribution in [1.82, 2.24) is 19.9 Å². The molecule has 13 heteroatoms. The molecule has 0 radical (unpaired) electrons. The zero-order chi connectivity index (χ0) is 28.6. The van der Waals surface area contributed by atoms with Crippen LogP contribution in [0.4, 0.5) is 0 Å². The summed E-state index contributed by atoms with van der Waals surface area (Å²) in [5.41, 5.74) is 1.26. The number of Topliss-reactive ketones (excluding diaryl/α,β-unsaturated/α-hetero) is 1. The average Bonchev–Trinajstić information content (AvgIpc) is 2.98. The molecule has 0 amide bonds. The van der Waals surface area contributed by atoms with Crippen molar-refractivity contribution in [2.45, 2.75) is 22.1 Å². The van der Waals surface area contributed by atoms with Crippen molar-refractivity contribution in [3.63, 3.8) is 0 Å². The molecule has 0 spiro atoms. The highest BCUT2D eigenvalue weighted by atomic mass is 35.5. The van der Waals surface area contributed by atoms with E-state index in [0.29, 0.717) is 31.5 Å². The molecule has 4 rings (SSSR count). The van der Waals surface area contributed by atoms with Crippen LogP contribution in [-0.4, -0.2) is 60.1 Å². The summed E-state index contributed by atoms with van der Waals surface area (Å²) in [5.74, 6) is -2.90. The minimum atomic E-state index is -1.20. The summed E-state index contributed by atoms with van der Waals surface area (Å²) in [6.45, 7) is 0. The van der Waals surface area contributed by atoms with Gasteiger partial charge in [-0.05, 0) is 60.0 Å². The van der Waals surface area contributed by atoms with Crippen molar-refractivity contribution in [3.8, 4) is 0 Å². The van der Waals surface area contributed by atoms with Crippen molar-refractivity contribution in [2.24, 2.45) is 10.3 Å². The molecular formula is C27H22Cl2N6O3S2. The van der Waals surface area contributed by atoms with Gasteiger partial charge in [-0.2, -0.15) is 0 Å². The lowest BCUT2D eigenvalue weighted by Crippen LogP contribution is -2.33. The molecule has 0 bridgehead atoms. The summed E-state index contributed by atoms with van der Waals surface area (Å²) >= 11 is 15.2. The molecule has 9 nitrogen and oxygen atoms in total. The van der Waals surface area contributed by atoms with Gasteiger partial charge in [0.05, 0.1) is 23.2 Å². The number of halogens is 2. The van der Waals surface area contributed by atoms with Gasteiger partial charge in [0, 0.05) is 22.4 Å². The Balaban J connectivity index is 1.96. The Kier molecular flexibility index (Phi) is 10.1. The van der Waals surface area contributed by atoms with Crippen LogP contribution in [0, 0.1) is 0 Å². The maximum atomic E-state index is 14.8. The fourth-order valence-corrected chi connectivity index (χ4v) is 5.24. The van der Waals surface area contributed by atoms with Gasteiger partial charge in [-0.1, -0.05) is 81.3 Å². The fraction of sp³-hybridized carbons (Fsp3) is 0.148. The Morgan fingerprint density at radius 1 is 0.750 bits per heavy atom. The van der Waals surface area contributed by atoms with Crippen molar-refractivity contribution < 1.29 is 15.2 Å². The molecule has 204 valence electrons. The van der Waals surface area contributed by atoms with Crippen LogP contribution in [-0.2, 0) is 4.79 Å². The molecule has 2 heterocycles. The second kappa shape index (κ2) is 13.7.